The second-order valence-electron chi connectivity index (χ2n) is 1.73. The molecule has 0 saturated carbocycles. The van der Waals surface area contributed by atoms with Crippen molar-refractivity contribution in [2.75, 3.05) is 0 Å². The van der Waals surface area contributed by atoms with Gasteiger partial charge in [-0.25, -0.2) is 0 Å². The molecule has 1 nitrogen and oxygen atoms in total. The molecule has 0 fully saturated rings. The Morgan fingerprint density at radius 3 is 2.43 bits per heavy atom. The molecule has 0 unspecified atom stereocenters. The van der Waals surface area contributed by atoms with E-state index in [4.69, 9.17) is 0 Å². The number of carbonyl (C=O) groups is 1. The summed E-state index contributed by atoms with van der Waals surface area (Å²) in [5, 5.41) is 0. The first-order valence-electron chi connectivity index (χ1n) is 2.55. The van der Waals surface area contributed by atoms with E-state index in [-0.39, 0.29) is 5.92 Å². The van der Waals surface area contributed by atoms with E-state index >= 15 is 0 Å². The number of hydrogen-bond acceptors (Lipinski definition) is 1. The van der Waals surface area contributed by atoms with Gasteiger partial charge >= 0.3 is 0 Å². The summed E-state index contributed by atoms with van der Waals surface area (Å²) in [6, 6.07) is 0. The van der Waals surface area contributed by atoms with Gasteiger partial charge in [0.15, 0.2) is 0 Å². The molecular formula is C6H8O. The highest BCUT2D eigenvalue weighted by Crippen LogP contribution is 2.17. The summed E-state index contributed by atoms with van der Waals surface area (Å²) in [6.45, 7) is 1.89. The van der Waals surface area contributed by atoms with Crippen LogP contribution in [0.15, 0.2) is 12.2 Å². The molecule has 0 amide bonds. The molecule has 1 heteroatoms. The van der Waals surface area contributed by atoms with Crippen molar-refractivity contribution in [3.05, 3.63) is 12.2 Å². The average Bonchev–Trinajstić information content (AvgIpc) is 2.44. The first-order chi connectivity index (χ1) is 3.34. The van der Waals surface area contributed by atoms with Gasteiger partial charge < -0.3 is 0 Å². The highest BCUT2D eigenvalue weighted by molar-refractivity contribution is 5.87. The number of ketones is 1. The quantitative estimate of drug-likeness (QED) is 0.471. The lowest BCUT2D eigenvalue weighted by atomic mass is 10.2. The lowest BCUT2D eigenvalue weighted by molar-refractivity contribution is -0.119. The van der Waals surface area contributed by atoms with E-state index in [2.05, 4.69) is 0 Å². The number of Topliss-reactive ketones (excluding diaryl/α,β-unsaturated/α-hetero) is 1. The SMILES string of the molecule is CCC(=O)C1C=C1. The molecule has 7 heavy (non-hydrogen) atoms. The maximum Gasteiger partial charge on any atom is 0.143 e. The zero-order chi connectivity index (χ0) is 5.28. The van der Waals surface area contributed by atoms with E-state index in [9.17, 15) is 4.79 Å². The van der Waals surface area contributed by atoms with Crippen LogP contribution in [0, 0.1) is 5.92 Å². The van der Waals surface area contributed by atoms with Gasteiger partial charge in [-0.2, -0.15) is 0 Å². The van der Waals surface area contributed by atoms with Gasteiger partial charge in [0.25, 0.3) is 0 Å². The summed E-state index contributed by atoms with van der Waals surface area (Å²) in [4.78, 5) is 10.5. The van der Waals surface area contributed by atoms with E-state index in [0.717, 1.165) is 0 Å². The minimum atomic E-state index is 0.227. The lowest BCUT2D eigenvalue weighted by Gasteiger charge is -1.85. The first-order valence-corrected chi connectivity index (χ1v) is 2.55. The summed E-state index contributed by atoms with van der Waals surface area (Å²) in [5.41, 5.74) is 0. The Morgan fingerprint density at radius 1 is 1.71 bits per heavy atom. The van der Waals surface area contributed by atoms with E-state index < -0.39 is 0 Å². The molecule has 38 valence electrons. The topological polar surface area (TPSA) is 17.1 Å². The van der Waals surface area contributed by atoms with Crippen molar-refractivity contribution in [3.63, 3.8) is 0 Å². The molecule has 0 aromatic rings. The molecule has 0 radical (unpaired) electrons. The van der Waals surface area contributed by atoms with Crippen LogP contribution < -0.4 is 0 Å². The molecule has 0 heterocycles. The van der Waals surface area contributed by atoms with E-state index in [1.165, 1.54) is 0 Å². The van der Waals surface area contributed by atoms with Gasteiger partial charge in [-0.15, -0.1) is 0 Å². The molecule has 1 rings (SSSR count). The molecule has 0 aromatic heterocycles. The van der Waals surface area contributed by atoms with Gasteiger partial charge in [-0.3, -0.25) is 4.79 Å². The minimum Gasteiger partial charge on any atom is -0.299 e. The normalized spacial score (nSPS) is 17.3. The number of rotatable bonds is 2. The molecule has 0 saturated heterocycles. The second-order valence-corrected chi connectivity index (χ2v) is 1.73. The Labute approximate surface area is 43.0 Å². The van der Waals surface area contributed by atoms with Crippen molar-refractivity contribution in [1.29, 1.82) is 0 Å². The smallest absolute Gasteiger partial charge is 0.143 e. The molecule has 0 spiro atoms. The van der Waals surface area contributed by atoms with Crippen LogP contribution in [-0.4, -0.2) is 5.78 Å². The fourth-order valence-corrected chi connectivity index (χ4v) is 0.506. The monoisotopic (exact) mass is 96.1 g/mol. The van der Waals surface area contributed by atoms with Crippen molar-refractivity contribution in [3.8, 4) is 0 Å². The summed E-state index contributed by atoms with van der Waals surface area (Å²) < 4.78 is 0. The highest BCUT2D eigenvalue weighted by Gasteiger charge is 2.17. The van der Waals surface area contributed by atoms with E-state index in [1.807, 2.05) is 19.1 Å². The first kappa shape index (κ1) is 4.57. The number of carbonyl (C=O) groups excluding carboxylic acids is 1. The Kier molecular flexibility index (Phi) is 0.970. The summed E-state index contributed by atoms with van der Waals surface area (Å²) in [6.07, 6.45) is 4.52. The number of hydrogen-bond donors (Lipinski definition) is 0. The third kappa shape index (κ3) is 0.889. The van der Waals surface area contributed by atoms with E-state index in [1.54, 1.807) is 0 Å². The molecule has 0 N–H and O–H groups in total. The van der Waals surface area contributed by atoms with Gasteiger partial charge in [-0.1, -0.05) is 19.1 Å². The molecule has 1 aliphatic carbocycles. The highest BCUT2D eigenvalue weighted by atomic mass is 16.1. The van der Waals surface area contributed by atoms with Crippen LogP contribution in [0.4, 0.5) is 0 Å². The van der Waals surface area contributed by atoms with Crippen LogP contribution in [0.1, 0.15) is 13.3 Å². The second kappa shape index (κ2) is 1.49. The Hall–Kier alpha value is -0.590. The van der Waals surface area contributed by atoms with Crippen molar-refractivity contribution < 1.29 is 4.79 Å². The minimum absolute atomic E-state index is 0.227. The van der Waals surface area contributed by atoms with Crippen molar-refractivity contribution in [1.82, 2.24) is 0 Å². The van der Waals surface area contributed by atoms with Crippen LogP contribution >= 0.6 is 0 Å². The van der Waals surface area contributed by atoms with Crippen molar-refractivity contribution in [2.24, 2.45) is 5.92 Å². The maximum absolute atomic E-state index is 10.5. The third-order valence-electron chi connectivity index (χ3n) is 1.11. The van der Waals surface area contributed by atoms with Gasteiger partial charge in [0.05, 0.1) is 5.92 Å². The average molecular weight is 96.1 g/mol. The van der Waals surface area contributed by atoms with Crippen LogP contribution in [0.3, 0.4) is 0 Å². The van der Waals surface area contributed by atoms with Crippen molar-refractivity contribution in [2.45, 2.75) is 13.3 Å². The van der Waals surface area contributed by atoms with Gasteiger partial charge in [0.1, 0.15) is 5.78 Å². The summed E-state index contributed by atoms with van der Waals surface area (Å²) in [5.74, 6) is 0.574. The Balaban J connectivity index is 2.26. The Morgan fingerprint density at radius 2 is 2.29 bits per heavy atom. The van der Waals surface area contributed by atoms with Gasteiger partial charge in [0.2, 0.25) is 0 Å². The fourth-order valence-electron chi connectivity index (χ4n) is 0.506. The van der Waals surface area contributed by atoms with Gasteiger partial charge in [-0.05, 0) is 0 Å². The van der Waals surface area contributed by atoms with Gasteiger partial charge in [0, 0.05) is 6.42 Å². The van der Waals surface area contributed by atoms with E-state index in [0.29, 0.717) is 12.2 Å². The van der Waals surface area contributed by atoms with Crippen molar-refractivity contribution >= 4 is 5.78 Å². The molecular weight excluding hydrogens is 88.1 g/mol. The Bertz CT molecular complexity index is 107. The predicted octanol–water partition coefficient (Wildman–Crippen LogP) is 1.15. The van der Waals surface area contributed by atoms with Crippen LogP contribution in [0.2, 0.25) is 0 Å². The molecule has 0 atom stereocenters. The van der Waals surface area contributed by atoms with Crippen LogP contribution in [0.5, 0.6) is 0 Å². The molecule has 0 aromatic carbocycles. The summed E-state index contributed by atoms with van der Waals surface area (Å²) >= 11 is 0. The largest absolute Gasteiger partial charge is 0.299 e. The number of allylic oxidation sites excluding steroid dienone is 2. The fraction of sp³-hybridized carbons (Fsp3) is 0.500. The molecule has 1 aliphatic rings. The summed E-state index contributed by atoms with van der Waals surface area (Å²) in [7, 11) is 0. The molecule has 0 bridgehead atoms. The van der Waals surface area contributed by atoms with Crippen LogP contribution in [-0.2, 0) is 4.79 Å². The maximum atomic E-state index is 10.5. The third-order valence-corrected chi connectivity index (χ3v) is 1.11. The standard InChI is InChI=1S/C6H8O/c1-2-6(7)5-3-4-5/h3-5H,2H2,1H3. The lowest BCUT2D eigenvalue weighted by Crippen LogP contribution is -1.96. The van der Waals surface area contributed by atoms with Crippen LogP contribution in [0.25, 0.3) is 0 Å². The molecule has 0 aliphatic heterocycles. The predicted molar refractivity (Wildman–Crippen MR) is 27.9 cm³/mol. The zero-order valence-electron chi connectivity index (χ0n) is 4.35. The zero-order valence-corrected chi connectivity index (χ0v) is 4.35.